The van der Waals surface area contributed by atoms with Crippen molar-refractivity contribution in [2.45, 2.75) is 194 Å². The monoisotopic (exact) mass is 739 g/mol. The molecule has 2 unspecified atom stereocenters. The molecule has 0 fully saturated rings. The largest absolute Gasteiger partial charge is 0.465 e. The van der Waals surface area contributed by atoms with Crippen LogP contribution in [0.3, 0.4) is 0 Å². The first-order valence-electron chi connectivity index (χ1n) is 21.0. The van der Waals surface area contributed by atoms with Crippen LogP contribution in [0.25, 0.3) is 0 Å². The fourth-order valence-electron chi connectivity index (χ4n) is 6.15. The van der Waals surface area contributed by atoms with E-state index in [1.807, 2.05) is 0 Å². The van der Waals surface area contributed by atoms with Gasteiger partial charge in [0.05, 0.1) is 31.7 Å². The van der Waals surface area contributed by atoms with Crippen molar-refractivity contribution in [1.82, 2.24) is 5.32 Å². The molecule has 5 N–H and O–H groups in total. The lowest BCUT2D eigenvalue weighted by Gasteiger charge is -2.18. The van der Waals surface area contributed by atoms with Crippen LogP contribution in [0.2, 0.25) is 0 Å². The molecule has 3 atom stereocenters. The van der Waals surface area contributed by atoms with E-state index in [9.17, 15) is 19.2 Å². The van der Waals surface area contributed by atoms with Crippen molar-refractivity contribution in [2.24, 2.45) is 28.3 Å². The number of carbonyl (C=O) groups is 4. The Bertz CT molecular complexity index is 942. The minimum atomic E-state index is -0.923. The van der Waals surface area contributed by atoms with Crippen LogP contribution >= 0.6 is 0 Å². The van der Waals surface area contributed by atoms with Crippen molar-refractivity contribution >= 4 is 29.8 Å². The van der Waals surface area contributed by atoms with Crippen LogP contribution in [0.5, 0.6) is 0 Å². The lowest BCUT2D eigenvalue weighted by molar-refractivity contribution is -0.151. The number of hydrogen-bond donors (Lipinski definition) is 3. The van der Waals surface area contributed by atoms with Crippen molar-refractivity contribution in [2.75, 3.05) is 26.4 Å². The van der Waals surface area contributed by atoms with Gasteiger partial charge in [-0.05, 0) is 51.4 Å². The minimum Gasteiger partial charge on any atom is -0.465 e. The highest BCUT2D eigenvalue weighted by molar-refractivity contribution is 5.84. The number of hydrogen-bond acceptors (Lipinski definition) is 8. The molecular formula is C41H78N4O7. The summed E-state index contributed by atoms with van der Waals surface area (Å²) >= 11 is 0. The molecule has 0 saturated carbocycles. The summed E-state index contributed by atoms with van der Waals surface area (Å²) in [7, 11) is 0. The number of nitrogens with two attached hydrogens (primary N) is 2. The summed E-state index contributed by atoms with van der Waals surface area (Å²) in [5.41, 5.74) is 10.9. The molecule has 0 saturated heterocycles. The third-order valence-electron chi connectivity index (χ3n) is 9.44. The molecule has 0 radical (unpaired) electrons. The fourth-order valence-corrected chi connectivity index (χ4v) is 6.15. The Hall–Kier alpha value is -2.85. The summed E-state index contributed by atoms with van der Waals surface area (Å²) in [4.78, 5) is 55.3. The standard InChI is InChI=1S/C41H78N4O7/c1-5-9-13-16-17-20-27-35(26-19-15-11-7-3)39(48)51-33-23-28-37(46)45-36(29-30-44-41(42)43)40(49)52-32-22-21-31-50-38(47)34(24-12-8-4)25-18-14-10-6-2/h34-36H,5-33H2,1-4H3,(H,45,46)(H4,42,43,44)/t34?,35?,36-/m0/s1. The van der Waals surface area contributed by atoms with Crippen molar-refractivity contribution in [3.8, 4) is 0 Å². The zero-order valence-corrected chi connectivity index (χ0v) is 33.7. The normalized spacial score (nSPS) is 12.8. The van der Waals surface area contributed by atoms with Gasteiger partial charge in [-0.1, -0.05) is 130 Å². The zero-order valence-electron chi connectivity index (χ0n) is 33.7. The smallest absolute Gasteiger partial charge is 0.328 e. The van der Waals surface area contributed by atoms with Gasteiger partial charge in [-0.15, -0.1) is 0 Å². The molecule has 11 nitrogen and oxygen atoms in total. The predicted octanol–water partition coefficient (Wildman–Crippen LogP) is 8.44. The lowest BCUT2D eigenvalue weighted by atomic mass is 9.94. The Kier molecular flexibility index (Phi) is 33.3. The molecule has 52 heavy (non-hydrogen) atoms. The van der Waals surface area contributed by atoms with Gasteiger partial charge < -0.3 is 31.0 Å². The van der Waals surface area contributed by atoms with Gasteiger partial charge in [0.15, 0.2) is 5.96 Å². The summed E-state index contributed by atoms with van der Waals surface area (Å²) in [5.74, 6) is -1.47. The van der Waals surface area contributed by atoms with Crippen molar-refractivity contribution < 1.29 is 33.4 Å². The van der Waals surface area contributed by atoms with E-state index >= 15 is 0 Å². The van der Waals surface area contributed by atoms with Gasteiger partial charge in [0, 0.05) is 13.0 Å². The highest BCUT2D eigenvalue weighted by Crippen LogP contribution is 2.21. The molecule has 11 heteroatoms. The maximum Gasteiger partial charge on any atom is 0.328 e. The molecular weight excluding hydrogens is 660 g/mol. The number of esters is 3. The first-order chi connectivity index (χ1) is 25.2. The number of nitrogens with one attached hydrogen (secondary N) is 1. The average Bonchev–Trinajstić information content (AvgIpc) is 3.12. The molecule has 0 rings (SSSR count). The SMILES string of the molecule is CCCCCCCCC(CCCCCC)C(=O)OCCCC(=O)N[C@@H](CCN=C(N)N)C(=O)OCCCCOC(=O)C(CCCC)CCCCCC. The lowest BCUT2D eigenvalue weighted by Crippen LogP contribution is -2.42. The molecule has 0 bridgehead atoms. The van der Waals surface area contributed by atoms with Gasteiger partial charge in [-0.3, -0.25) is 19.4 Å². The number of nitrogens with zero attached hydrogens (tertiary/aromatic N) is 1. The van der Waals surface area contributed by atoms with E-state index in [2.05, 4.69) is 38.0 Å². The summed E-state index contributed by atoms with van der Waals surface area (Å²) in [6.07, 6.45) is 23.3. The molecule has 1 amide bonds. The van der Waals surface area contributed by atoms with Crippen LogP contribution in [-0.2, 0) is 33.4 Å². The third kappa shape index (κ3) is 28.7. The molecule has 0 aromatic heterocycles. The van der Waals surface area contributed by atoms with Gasteiger partial charge >= 0.3 is 17.9 Å². The topological polar surface area (TPSA) is 172 Å². The fraction of sp³-hybridized carbons (Fsp3) is 0.878. The Morgan fingerprint density at radius 2 is 0.904 bits per heavy atom. The summed E-state index contributed by atoms with van der Waals surface area (Å²) < 4.78 is 16.7. The average molecular weight is 739 g/mol. The highest BCUT2D eigenvalue weighted by atomic mass is 16.5. The Labute approximate surface area is 316 Å². The number of carbonyl (C=O) groups excluding carboxylic acids is 4. The first kappa shape index (κ1) is 49.1. The van der Waals surface area contributed by atoms with Crippen LogP contribution < -0.4 is 16.8 Å². The molecule has 304 valence electrons. The van der Waals surface area contributed by atoms with Gasteiger partial charge in [0.2, 0.25) is 5.91 Å². The van der Waals surface area contributed by atoms with Crippen LogP contribution in [0.15, 0.2) is 4.99 Å². The van der Waals surface area contributed by atoms with Crippen molar-refractivity contribution in [3.05, 3.63) is 0 Å². The van der Waals surface area contributed by atoms with Gasteiger partial charge in [-0.2, -0.15) is 0 Å². The van der Waals surface area contributed by atoms with Crippen molar-refractivity contribution in [1.29, 1.82) is 0 Å². The molecule has 0 aliphatic heterocycles. The zero-order chi connectivity index (χ0) is 38.7. The summed E-state index contributed by atoms with van der Waals surface area (Å²) in [6.45, 7) is 9.40. The highest BCUT2D eigenvalue weighted by Gasteiger charge is 2.23. The number of guanidine groups is 1. The maximum atomic E-state index is 12.9. The van der Waals surface area contributed by atoms with E-state index in [1.165, 1.54) is 38.5 Å². The van der Waals surface area contributed by atoms with Crippen LogP contribution in [0, 0.1) is 11.8 Å². The molecule has 0 heterocycles. The Balaban J connectivity index is 4.73. The number of unbranched alkanes of at least 4 members (excludes halogenated alkanes) is 13. The van der Waals surface area contributed by atoms with E-state index < -0.39 is 12.0 Å². The van der Waals surface area contributed by atoms with Crippen LogP contribution in [0.4, 0.5) is 0 Å². The predicted molar refractivity (Wildman–Crippen MR) is 211 cm³/mol. The van der Waals surface area contributed by atoms with Gasteiger partial charge in [0.25, 0.3) is 0 Å². The molecule has 0 aliphatic carbocycles. The summed E-state index contributed by atoms with van der Waals surface area (Å²) in [6, 6.07) is -0.923. The van der Waals surface area contributed by atoms with Gasteiger partial charge in [-0.25, -0.2) is 4.79 Å². The number of rotatable bonds is 36. The van der Waals surface area contributed by atoms with Gasteiger partial charge in [0.1, 0.15) is 6.04 Å². The molecule has 0 aliphatic rings. The molecule has 0 aromatic carbocycles. The van der Waals surface area contributed by atoms with E-state index in [4.69, 9.17) is 25.7 Å². The second-order valence-electron chi connectivity index (χ2n) is 14.3. The van der Waals surface area contributed by atoms with Crippen molar-refractivity contribution in [3.63, 3.8) is 0 Å². The van der Waals surface area contributed by atoms with E-state index in [0.29, 0.717) is 19.3 Å². The van der Waals surface area contributed by atoms with Crippen LogP contribution in [-0.4, -0.2) is 62.2 Å². The number of aliphatic imine (C=N–C) groups is 1. The first-order valence-corrected chi connectivity index (χ1v) is 21.0. The Morgan fingerprint density at radius 1 is 0.500 bits per heavy atom. The minimum absolute atomic E-state index is 0.0524. The molecule has 0 aromatic rings. The summed E-state index contributed by atoms with van der Waals surface area (Å²) in [5, 5.41) is 2.74. The number of ether oxygens (including phenoxy) is 3. The van der Waals surface area contributed by atoms with E-state index in [1.54, 1.807) is 0 Å². The second-order valence-corrected chi connectivity index (χ2v) is 14.3. The molecule has 0 spiro atoms. The third-order valence-corrected chi connectivity index (χ3v) is 9.44. The quantitative estimate of drug-likeness (QED) is 0.0187. The maximum absolute atomic E-state index is 12.9. The number of amides is 1. The second kappa shape index (κ2) is 35.2. The Morgan fingerprint density at radius 3 is 1.38 bits per heavy atom. The van der Waals surface area contributed by atoms with E-state index in [0.717, 1.165) is 89.9 Å². The van der Waals surface area contributed by atoms with E-state index in [-0.39, 0.29) is 74.8 Å². The van der Waals surface area contributed by atoms with Crippen LogP contribution in [0.1, 0.15) is 188 Å².